The molecule has 118 valence electrons. The van der Waals surface area contributed by atoms with Crippen molar-refractivity contribution in [2.45, 2.75) is 38.6 Å². The van der Waals surface area contributed by atoms with Crippen LogP contribution < -0.4 is 10.6 Å². The first-order chi connectivity index (χ1) is 10.5. The molecule has 0 aliphatic heterocycles. The van der Waals surface area contributed by atoms with Gasteiger partial charge in [0.2, 0.25) is 0 Å². The fourth-order valence-corrected chi connectivity index (χ4v) is 2.58. The second-order valence-corrected chi connectivity index (χ2v) is 6.53. The van der Waals surface area contributed by atoms with Crippen LogP contribution in [0.5, 0.6) is 0 Å². The number of nitrogens with zero attached hydrogens (tertiary/aromatic N) is 1. The van der Waals surface area contributed by atoms with Crippen LogP contribution >= 0.6 is 0 Å². The zero-order valence-corrected chi connectivity index (χ0v) is 14.2. The number of nitrogens with two attached hydrogens (primary N) is 1. The van der Waals surface area contributed by atoms with Gasteiger partial charge in [0.15, 0.2) is 0 Å². The average molecular weight is 296 g/mol. The first-order valence-electron chi connectivity index (χ1n) is 8.09. The summed E-state index contributed by atoms with van der Waals surface area (Å²) >= 11 is 0. The van der Waals surface area contributed by atoms with Crippen LogP contribution in [0.15, 0.2) is 48.5 Å². The third-order valence-corrected chi connectivity index (χ3v) is 4.23. The van der Waals surface area contributed by atoms with E-state index in [1.807, 2.05) is 0 Å². The minimum atomic E-state index is 0.106. The lowest BCUT2D eigenvalue weighted by Gasteiger charge is -2.15. The lowest BCUT2D eigenvalue weighted by molar-refractivity contribution is 0.651. The van der Waals surface area contributed by atoms with Crippen LogP contribution in [0.3, 0.4) is 0 Å². The molecule has 2 N–H and O–H groups in total. The Labute approximate surface area is 135 Å². The highest BCUT2D eigenvalue weighted by Gasteiger charge is 2.07. The second kappa shape index (κ2) is 7.46. The predicted molar refractivity (Wildman–Crippen MR) is 96.5 cm³/mol. The van der Waals surface area contributed by atoms with Crippen LogP contribution in [0.4, 0.5) is 5.69 Å². The molecule has 0 aliphatic carbocycles. The fourth-order valence-electron chi connectivity index (χ4n) is 2.58. The van der Waals surface area contributed by atoms with Gasteiger partial charge >= 0.3 is 0 Å². The summed E-state index contributed by atoms with van der Waals surface area (Å²) in [4.78, 5) is 2.12. The van der Waals surface area contributed by atoms with Crippen molar-refractivity contribution in [2.24, 2.45) is 5.73 Å². The molecule has 0 radical (unpaired) electrons. The summed E-state index contributed by atoms with van der Waals surface area (Å²) in [6, 6.07) is 17.6. The van der Waals surface area contributed by atoms with Crippen molar-refractivity contribution in [2.75, 3.05) is 19.0 Å². The molecule has 22 heavy (non-hydrogen) atoms. The summed E-state index contributed by atoms with van der Waals surface area (Å²) in [6.45, 7) is 4.43. The van der Waals surface area contributed by atoms with E-state index in [0.29, 0.717) is 5.92 Å². The van der Waals surface area contributed by atoms with E-state index in [2.05, 4.69) is 81.4 Å². The second-order valence-electron chi connectivity index (χ2n) is 6.53. The van der Waals surface area contributed by atoms with Crippen molar-refractivity contribution >= 4 is 5.69 Å². The fraction of sp³-hybridized carbons (Fsp3) is 0.400. The molecule has 0 bridgehead atoms. The molecule has 0 saturated heterocycles. The maximum atomic E-state index is 6.34. The number of hydrogen-bond acceptors (Lipinski definition) is 2. The van der Waals surface area contributed by atoms with Gasteiger partial charge in [-0.25, -0.2) is 0 Å². The molecule has 0 spiro atoms. The van der Waals surface area contributed by atoms with E-state index >= 15 is 0 Å². The van der Waals surface area contributed by atoms with Crippen LogP contribution in [-0.2, 0) is 6.42 Å². The van der Waals surface area contributed by atoms with Crippen LogP contribution in [0.1, 0.15) is 48.9 Å². The molecule has 0 aliphatic rings. The highest BCUT2D eigenvalue weighted by molar-refractivity contribution is 5.46. The van der Waals surface area contributed by atoms with Gasteiger partial charge in [-0.1, -0.05) is 50.2 Å². The molecule has 2 rings (SSSR count). The number of anilines is 1. The topological polar surface area (TPSA) is 29.3 Å². The molecule has 1 atom stereocenters. The van der Waals surface area contributed by atoms with E-state index in [-0.39, 0.29) is 6.04 Å². The molecule has 0 saturated carbocycles. The molecule has 2 heteroatoms. The molecule has 0 aromatic heterocycles. The lowest BCUT2D eigenvalue weighted by atomic mass is 9.96. The maximum absolute atomic E-state index is 6.34. The van der Waals surface area contributed by atoms with Gasteiger partial charge in [-0.2, -0.15) is 0 Å². The normalized spacial score (nSPS) is 12.5. The third-order valence-electron chi connectivity index (χ3n) is 4.23. The zero-order valence-electron chi connectivity index (χ0n) is 14.2. The molecule has 0 fully saturated rings. The van der Waals surface area contributed by atoms with Gasteiger partial charge in [-0.05, 0) is 47.6 Å². The predicted octanol–water partition coefficient (Wildman–Crippen LogP) is 4.51. The minimum Gasteiger partial charge on any atom is -0.378 e. The molecule has 0 amide bonds. The molecular weight excluding hydrogens is 268 g/mol. The maximum Gasteiger partial charge on any atom is 0.0361 e. The van der Waals surface area contributed by atoms with Gasteiger partial charge in [0, 0.05) is 25.8 Å². The van der Waals surface area contributed by atoms with E-state index in [1.54, 1.807) is 0 Å². The summed E-state index contributed by atoms with van der Waals surface area (Å²) < 4.78 is 0. The molecule has 2 aromatic carbocycles. The van der Waals surface area contributed by atoms with Crippen molar-refractivity contribution in [3.8, 4) is 0 Å². The lowest BCUT2D eigenvalue weighted by Crippen LogP contribution is -2.11. The molecule has 2 nitrogen and oxygen atoms in total. The zero-order chi connectivity index (χ0) is 16.1. The Kier molecular flexibility index (Phi) is 5.62. The first-order valence-corrected chi connectivity index (χ1v) is 8.09. The number of benzene rings is 2. The van der Waals surface area contributed by atoms with E-state index in [1.165, 1.54) is 22.4 Å². The van der Waals surface area contributed by atoms with Crippen molar-refractivity contribution in [1.82, 2.24) is 0 Å². The molecule has 0 heterocycles. The van der Waals surface area contributed by atoms with E-state index in [9.17, 15) is 0 Å². The van der Waals surface area contributed by atoms with E-state index < -0.39 is 0 Å². The Morgan fingerprint density at radius 1 is 0.864 bits per heavy atom. The van der Waals surface area contributed by atoms with Gasteiger partial charge in [-0.15, -0.1) is 0 Å². The van der Waals surface area contributed by atoms with Crippen molar-refractivity contribution in [3.63, 3.8) is 0 Å². The van der Waals surface area contributed by atoms with Crippen LogP contribution in [0, 0.1) is 0 Å². The number of aryl methyl sites for hydroxylation is 1. The van der Waals surface area contributed by atoms with Crippen molar-refractivity contribution < 1.29 is 0 Å². The van der Waals surface area contributed by atoms with Crippen molar-refractivity contribution in [3.05, 3.63) is 65.2 Å². The summed E-state index contributed by atoms with van der Waals surface area (Å²) in [6.07, 6.45) is 1.99. The van der Waals surface area contributed by atoms with Gasteiger partial charge in [0.25, 0.3) is 0 Å². The Bertz CT molecular complexity index is 568. The quantitative estimate of drug-likeness (QED) is 0.850. The average Bonchev–Trinajstić information content (AvgIpc) is 2.53. The van der Waals surface area contributed by atoms with Gasteiger partial charge in [-0.3, -0.25) is 0 Å². The molecule has 1 unspecified atom stereocenters. The van der Waals surface area contributed by atoms with E-state index in [0.717, 1.165) is 12.8 Å². The Hall–Kier alpha value is -1.80. The largest absolute Gasteiger partial charge is 0.378 e. The van der Waals surface area contributed by atoms with Gasteiger partial charge in [0.05, 0.1) is 0 Å². The Morgan fingerprint density at radius 2 is 1.41 bits per heavy atom. The standard InChI is InChI=1S/C20H28N2/c1-15(2)17-8-10-18(11-9-17)20(21)14-7-16-5-12-19(13-6-16)22(3)4/h5-6,8-13,15,20H,7,14,21H2,1-4H3. The van der Waals surface area contributed by atoms with Crippen LogP contribution in [-0.4, -0.2) is 14.1 Å². The summed E-state index contributed by atoms with van der Waals surface area (Å²) in [5.41, 5.74) is 11.5. The number of rotatable bonds is 6. The highest BCUT2D eigenvalue weighted by atomic mass is 15.1. The highest BCUT2D eigenvalue weighted by Crippen LogP contribution is 2.21. The Morgan fingerprint density at radius 3 is 1.91 bits per heavy atom. The van der Waals surface area contributed by atoms with Crippen LogP contribution in [0.25, 0.3) is 0 Å². The number of hydrogen-bond donors (Lipinski definition) is 1. The SMILES string of the molecule is CC(C)c1ccc(C(N)CCc2ccc(N(C)C)cc2)cc1. The smallest absolute Gasteiger partial charge is 0.0361 e. The monoisotopic (exact) mass is 296 g/mol. The Balaban J connectivity index is 1.93. The summed E-state index contributed by atoms with van der Waals surface area (Å²) in [5, 5.41) is 0. The molecule has 2 aromatic rings. The van der Waals surface area contributed by atoms with Crippen LogP contribution in [0.2, 0.25) is 0 Å². The van der Waals surface area contributed by atoms with Gasteiger partial charge in [0.1, 0.15) is 0 Å². The summed E-state index contributed by atoms with van der Waals surface area (Å²) in [7, 11) is 4.12. The van der Waals surface area contributed by atoms with E-state index in [4.69, 9.17) is 5.73 Å². The first kappa shape index (κ1) is 16.6. The van der Waals surface area contributed by atoms with Crippen molar-refractivity contribution in [1.29, 1.82) is 0 Å². The third kappa shape index (κ3) is 4.35. The van der Waals surface area contributed by atoms with Gasteiger partial charge < -0.3 is 10.6 Å². The minimum absolute atomic E-state index is 0.106. The molecular formula is C20H28N2. The summed E-state index contributed by atoms with van der Waals surface area (Å²) in [5.74, 6) is 0.570.